The largest absolute Gasteiger partial charge is 0.534 e. The molecular weight excluding hydrogens is 357 g/mol. The lowest BCUT2D eigenvalue weighted by Crippen LogP contribution is -2.38. The number of Topliss-reactive ketones (excluding diaryl/α,β-unsaturated/α-hetero) is 1. The van der Waals surface area contributed by atoms with Crippen molar-refractivity contribution in [1.29, 1.82) is 0 Å². The number of carbonyl (C=O) groups excluding carboxylic acids is 1. The van der Waals surface area contributed by atoms with E-state index in [9.17, 15) is 26.4 Å². The summed E-state index contributed by atoms with van der Waals surface area (Å²) in [5, 5.41) is 0. The maximum Gasteiger partial charge on any atom is 0.534 e. The van der Waals surface area contributed by atoms with E-state index in [1.54, 1.807) is 6.07 Å². The van der Waals surface area contributed by atoms with Crippen LogP contribution in [0.15, 0.2) is 18.2 Å². The van der Waals surface area contributed by atoms with Gasteiger partial charge in [0.25, 0.3) is 0 Å². The average molecular weight is 376 g/mol. The van der Waals surface area contributed by atoms with Crippen molar-refractivity contribution in [3.63, 3.8) is 0 Å². The van der Waals surface area contributed by atoms with Crippen molar-refractivity contribution in [1.82, 2.24) is 0 Å². The SMILES string of the molecule is CC12CCC(=O)CC1CCCc1cc(OS(=O)(=O)C(F)(F)F)ccc12. The van der Waals surface area contributed by atoms with Crippen LogP contribution in [0.2, 0.25) is 0 Å². The standard InChI is InChI=1S/C17H19F3O4S/c1-16-8-7-13(21)10-12(16)4-2-3-11-9-14(5-6-15(11)16)24-25(22,23)17(18,19)20/h5-6,9,12H,2-4,7-8,10H2,1H3. The molecule has 1 aromatic rings. The average Bonchev–Trinajstić information content (AvgIpc) is 2.62. The predicted octanol–water partition coefficient (Wildman–Crippen LogP) is 3.88. The van der Waals surface area contributed by atoms with Gasteiger partial charge in [0.15, 0.2) is 0 Å². The molecule has 0 aromatic heterocycles. The Labute approximate surface area is 144 Å². The van der Waals surface area contributed by atoms with E-state index in [-0.39, 0.29) is 22.9 Å². The number of rotatable bonds is 2. The summed E-state index contributed by atoms with van der Waals surface area (Å²) in [4.78, 5) is 11.8. The van der Waals surface area contributed by atoms with Crippen molar-refractivity contribution in [3.8, 4) is 5.75 Å². The van der Waals surface area contributed by atoms with Gasteiger partial charge in [-0.2, -0.15) is 21.6 Å². The third kappa shape index (κ3) is 3.28. The van der Waals surface area contributed by atoms with Gasteiger partial charge in [0.1, 0.15) is 11.5 Å². The lowest BCUT2D eigenvalue weighted by Gasteiger charge is -2.41. The molecule has 0 N–H and O–H groups in total. The minimum atomic E-state index is -5.68. The maximum atomic E-state index is 12.5. The monoisotopic (exact) mass is 376 g/mol. The Balaban J connectivity index is 1.96. The highest BCUT2D eigenvalue weighted by Gasteiger charge is 2.49. The number of aryl methyl sites for hydroxylation is 1. The third-order valence-corrected chi connectivity index (χ3v) is 6.46. The van der Waals surface area contributed by atoms with Gasteiger partial charge in [-0.1, -0.05) is 13.0 Å². The van der Waals surface area contributed by atoms with Crippen LogP contribution < -0.4 is 4.18 Å². The highest BCUT2D eigenvalue weighted by Crippen LogP contribution is 2.48. The Morgan fingerprint density at radius 1 is 1.24 bits per heavy atom. The van der Waals surface area contributed by atoms with Gasteiger partial charge < -0.3 is 4.18 Å². The Kier molecular flexibility index (Phi) is 4.38. The molecule has 0 bridgehead atoms. The molecule has 2 unspecified atom stereocenters. The van der Waals surface area contributed by atoms with Crippen molar-refractivity contribution in [2.75, 3.05) is 0 Å². The minimum Gasteiger partial charge on any atom is -0.376 e. The number of hydrogen-bond donors (Lipinski definition) is 0. The molecule has 1 fully saturated rings. The molecule has 0 saturated heterocycles. The molecule has 4 nitrogen and oxygen atoms in total. The first kappa shape index (κ1) is 18.2. The van der Waals surface area contributed by atoms with Crippen molar-refractivity contribution >= 4 is 15.9 Å². The van der Waals surface area contributed by atoms with Crippen LogP contribution in [0.1, 0.15) is 50.2 Å². The zero-order chi connectivity index (χ0) is 18.5. The van der Waals surface area contributed by atoms with Crippen LogP contribution in [0, 0.1) is 5.92 Å². The molecule has 1 saturated carbocycles. The first-order valence-electron chi connectivity index (χ1n) is 8.19. The minimum absolute atomic E-state index is 0.209. The fourth-order valence-electron chi connectivity index (χ4n) is 4.08. The molecule has 138 valence electrons. The molecule has 8 heteroatoms. The van der Waals surface area contributed by atoms with Gasteiger partial charge in [-0.15, -0.1) is 0 Å². The summed E-state index contributed by atoms with van der Waals surface area (Å²) in [6.45, 7) is 2.08. The summed E-state index contributed by atoms with van der Waals surface area (Å²) < 4.78 is 64.1. The molecule has 0 aliphatic heterocycles. The van der Waals surface area contributed by atoms with Crippen LogP contribution in [0.5, 0.6) is 5.75 Å². The summed E-state index contributed by atoms with van der Waals surface area (Å²) in [6.07, 6.45) is 4.01. The Morgan fingerprint density at radius 3 is 2.64 bits per heavy atom. The van der Waals surface area contributed by atoms with Gasteiger partial charge in [-0.3, -0.25) is 4.79 Å². The predicted molar refractivity (Wildman–Crippen MR) is 84.7 cm³/mol. The fourth-order valence-corrected chi connectivity index (χ4v) is 4.53. The molecule has 1 aromatic carbocycles. The maximum absolute atomic E-state index is 12.5. The summed E-state index contributed by atoms with van der Waals surface area (Å²) in [5.74, 6) is 0.132. The van der Waals surface area contributed by atoms with E-state index in [0.29, 0.717) is 25.7 Å². The van der Waals surface area contributed by atoms with Crippen LogP contribution in [-0.2, 0) is 26.7 Å². The summed E-state index contributed by atoms with van der Waals surface area (Å²) in [7, 11) is -5.68. The number of ketones is 1. The van der Waals surface area contributed by atoms with Crippen LogP contribution in [0.4, 0.5) is 13.2 Å². The second-order valence-corrected chi connectivity index (χ2v) is 8.59. The number of hydrogen-bond acceptors (Lipinski definition) is 4. The van der Waals surface area contributed by atoms with Crippen molar-refractivity contribution < 1.29 is 30.6 Å². The Hall–Kier alpha value is -1.57. The number of halogens is 3. The van der Waals surface area contributed by atoms with Crippen LogP contribution in [0.25, 0.3) is 0 Å². The molecule has 0 radical (unpaired) electrons. The van der Waals surface area contributed by atoms with Crippen LogP contribution in [0.3, 0.4) is 0 Å². The van der Waals surface area contributed by atoms with E-state index in [4.69, 9.17) is 0 Å². The highest BCUT2D eigenvalue weighted by molar-refractivity contribution is 7.88. The Bertz CT molecular complexity index is 801. The van der Waals surface area contributed by atoms with Crippen LogP contribution in [-0.4, -0.2) is 19.7 Å². The molecule has 3 rings (SSSR count). The van der Waals surface area contributed by atoms with E-state index in [2.05, 4.69) is 11.1 Å². The highest BCUT2D eigenvalue weighted by atomic mass is 32.2. The summed E-state index contributed by atoms with van der Waals surface area (Å²) in [5.41, 5.74) is -3.89. The number of fused-ring (bicyclic) bond motifs is 3. The van der Waals surface area contributed by atoms with E-state index >= 15 is 0 Å². The second kappa shape index (κ2) is 6.00. The lowest BCUT2D eigenvalue weighted by atomic mass is 9.62. The van der Waals surface area contributed by atoms with E-state index < -0.39 is 15.6 Å². The van der Waals surface area contributed by atoms with E-state index in [0.717, 1.165) is 24.0 Å². The fraction of sp³-hybridized carbons (Fsp3) is 0.588. The smallest absolute Gasteiger partial charge is 0.376 e. The van der Waals surface area contributed by atoms with Crippen LogP contribution >= 0.6 is 0 Å². The summed E-state index contributed by atoms with van der Waals surface area (Å²) in [6, 6.07) is 4.32. The molecule has 2 aliphatic rings. The molecule has 0 amide bonds. The zero-order valence-electron chi connectivity index (χ0n) is 13.7. The molecule has 2 atom stereocenters. The first-order valence-corrected chi connectivity index (χ1v) is 9.59. The summed E-state index contributed by atoms with van der Waals surface area (Å²) >= 11 is 0. The molecule has 2 aliphatic carbocycles. The second-order valence-electron chi connectivity index (χ2n) is 7.05. The van der Waals surface area contributed by atoms with Crippen molar-refractivity contribution in [2.45, 2.75) is 56.4 Å². The molecule has 0 spiro atoms. The van der Waals surface area contributed by atoms with Crippen molar-refractivity contribution in [2.24, 2.45) is 5.92 Å². The van der Waals surface area contributed by atoms with Gasteiger partial charge >= 0.3 is 15.6 Å². The zero-order valence-corrected chi connectivity index (χ0v) is 14.5. The van der Waals surface area contributed by atoms with E-state index in [1.165, 1.54) is 12.1 Å². The van der Waals surface area contributed by atoms with Gasteiger partial charge in [0.05, 0.1) is 0 Å². The first-order chi connectivity index (χ1) is 11.5. The molecular formula is C17H19F3O4S. The van der Waals surface area contributed by atoms with Gasteiger partial charge in [-0.25, -0.2) is 0 Å². The third-order valence-electron chi connectivity index (χ3n) is 5.48. The topological polar surface area (TPSA) is 60.4 Å². The molecule has 25 heavy (non-hydrogen) atoms. The van der Waals surface area contributed by atoms with E-state index in [1.807, 2.05) is 0 Å². The van der Waals surface area contributed by atoms with Gasteiger partial charge in [-0.05, 0) is 60.3 Å². The lowest BCUT2D eigenvalue weighted by molar-refractivity contribution is -0.123. The van der Waals surface area contributed by atoms with Gasteiger partial charge in [0, 0.05) is 12.8 Å². The van der Waals surface area contributed by atoms with Crippen molar-refractivity contribution in [3.05, 3.63) is 29.3 Å². The Morgan fingerprint density at radius 2 is 1.96 bits per heavy atom. The normalized spacial score (nSPS) is 27.2. The number of benzene rings is 1. The van der Waals surface area contributed by atoms with Gasteiger partial charge in [0.2, 0.25) is 0 Å². The quantitative estimate of drug-likeness (QED) is 0.581. The molecule has 0 heterocycles. The number of alkyl halides is 3. The number of carbonyl (C=O) groups is 1.